The second-order valence-corrected chi connectivity index (χ2v) is 4.36. The first-order valence-corrected chi connectivity index (χ1v) is 5.75. The highest BCUT2D eigenvalue weighted by atomic mass is 16.2. The van der Waals surface area contributed by atoms with Crippen LogP contribution in [-0.2, 0) is 0 Å². The van der Waals surface area contributed by atoms with Crippen LogP contribution in [0.3, 0.4) is 0 Å². The van der Waals surface area contributed by atoms with Gasteiger partial charge in [-0.1, -0.05) is 19.3 Å². The Bertz CT molecular complexity index is 172. The molecular formula is C11H22N2O. The Balaban J connectivity index is 2.35. The van der Waals surface area contributed by atoms with E-state index in [1.807, 2.05) is 18.7 Å². The van der Waals surface area contributed by atoms with Crippen molar-refractivity contribution in [2.45, 2.75) is 52.0 Å². The van der Waals surface area contributed by atoms with E-state index in [-0.39, 0.29) is 12.1 Å². The van der Waals surface area contributed by atoms with Crippen LogP contribution in [0.1, 0.15) is 46.0 Å². The number of likely N-dealkylation sites (tertiary alicyclic amines) is 1. The van der Waals surface area contributed by atoms with Crippen molar-refractivity contribution in [1.29, 1.82) is 0 Å². The molecule has 14 heavy (non-hydrogen) atoms. The Labute approximate surface area is 86.9 Å². The number of urea groups is 1. The molecule has 1 rings (SSSR count). The molecule has 3 nitrogen and oxygen atoms in total. The molecule has 0 aliphatic carbocycles. The molecule has 1 aliphatic rings. The summed E-state index contributed by atoms with van der Waals surface area (Å²) >= 11 is 0. The Hall–Kier alpha value is -0.730. The first kappa shape index (κ1) is 11.3. The Morgan fingerprint density at radius 1 is 1.07 bits per heavy atom. The van der Waals surface area contributed by atoms with Gasteiger partial charge in [0, 0.05) is 19.1 Å². The van der Waals surface area contributed by atoms with Gasteiger partial charge >= 0.3 is 6.03 Å². The fourth-order valence-electron chi connectivity index (χ4n) is 1.79. The Morgan fingerprint density at radius 3 is 2.07 bits per heavy atom. The second kappa shape index (κ2) is 5.89. The average Bonchev–Trinajstić information content (AvgIpc) is 2.00. The minimum atomic E-state index is 0.113. The van der Waals surface area contributed by atoms with Gasteiger partial charge in [0.05, 0.1) is 0 Å². The molecule has 0 atom stereocenters. The zero-order valence-corrected chi connectivity index (χ0v) is 9.38. The third-order valence-electron chi connectivity index (χ3n) is 2.56. The fraction of sp³-hybridized carbons (Fsp3) is 0.909. The molecule has 1 fully saturated rings. The van der Waals surface area contributed by atoms with E-state index in [0.717, 1.165) is 25.9 Å². The lowest BCUT2D eigenvalue weighted by Crippen LogP contribution is -2.44. The molecule has 3 heteroatoms. The molecule has 82 valence electrons. The SMILES string of the molecule is CC(C)NC(=O)N1CCCCCCC1. The molecule has 1 N–H and O–H groups in total. The van der Waals surface area contributed by atoms with Crippen molar-refractivity contribution >= 4 is 6.03 Å². The number of rotatable bonds is 1. The van der Waals surface area contributed by atoms with Crippen LogP contribution in [0.25, 0.3) is 0 Å². The predicted molar refractivity (Wildman–Crippen MR) is 58.3 cm³/mol. The maximum atomic E-state index is 11.7. The smallest absolute Gasteiger partial charge is 0.317 e. The van der Waals surface area contributed by atoms with Gasteiger partial charge in [0.2, 0.25) is 0 Å². The number of nitrogens with zero attached hydrogens (tertiary/aromatic N) is 1. The summed E-state index contributed by atoms with van der Waals surface area (Å²) in [6.07, 6.45) is 6.19. The molecule has 0 bridgehead atoms. The molecule has 0 saturated carbocycles. The van der Waals surface area contributed by atoms with Crippen LogP contribution in [0.2, 0.25) is 0 Å². The minimum Gasteiger partial charge on any atom is -0.336 e. The van der Waals surface area contributed by atoms with E-state index in [9.17, 15) is 4.79 Å². The molecule has 1 heterocycles. The molecule has 0 aromatic rings. The first-order chi connectivity index (χ1) is 6.70. The van der Waals surface area contributed by atoms with Gasteiger partial charge in [0.1, 0.15) is 0 Å². The Kier molecular flexibility index (Phi) is 4.77. The molecule has 0 spiro atoms. The van der Waals surface area contributed by atoms with Crippen LogP contribution in [0, 0.1) is 0 Å². The largest absolute Gasteiger partial charge is 0.336 e. The number of carbonyl (C=O) groups is 1. The summed E-state index contributed by atoms with van der Waals surface area (Å²) in [5.41, 5.74) is 0. The number of hydrogen-bond donors (Lipinski definition) is 1. The monoisotopic (exact) mass is 198 g/mol. The van der Waals surface area contributed by atoms with Crippen LogP contribution in [0.15, 0.2) is 0 Å². The lowest BCUT2D eigenvalue weighted by atomic mass is 10.1. The second-order valence-electron chi connectivity index (χ2n) is 4.36. The summed E-state index contributed by atoms with van der Waals surface area (Å²) in [6, 6.07) is 0.356. The fourth-order valence-corrected chi connectivity index (χ4v) is 1.79. The van der Waals surface area contributed by atoms with Gasteiger partial charge in [-0.05, 0) is 26.7 Å². The third-order valence-corrected chi connectivity index (χ3v) is 2.56. The minimum absolute atomic E-state index is 0.113. The highest BCUT2D eigenvalue weighted by molar-refractivity contribution is 5.74. The molecule has 2 amide bonds. The molecule has 0 radical (unpaired) electrons. The van der Waals surface area contributed by atoms with Crippen molar-refractivity contribution in [1.82, 2.24) is 10.2 Å². The van der Waals surface area contributed by atoms with Crippen LogP contribution in [0.4, 0.5) is 4.79 Å². The van der Waals surface area contributed by atoms with Gasteiger partial charge in [0.25, 0.3) is 0 Å². The van der Waals surface area contributed by atoms with Crippen LogP contribution < -0.4 is 5.32 Å². The zero-order chi connectivity index (χ0) is 10.4. The van der Waals surface area contributed by atoms with Crippen molar-refractivity contribution < 1.29 is 4.79 Å². The summed E-state index contributed by atoms with van der Waals surface area (Å²) < 4.78 is 0. The number of nitrogens with one attached hydrogen (secondary N) is 1. The summed E-state index contributed by atoms with van der Waals surface area (Å²) in [5, 5.41) is 2.95. The zero-order valence-electron chi connectivity index (χ0n) is 9.38. The molecule has 0 aromatic carbocycles. The van der Waals surface area contributed by atoms with Gasteiger partial charge in [0.15, 0.2) is 0 Å². The van der Waals surface area contributed by atoms with E-state index in [0.29, 0.717) is 0 Å². The summed E-state index contributed by atoms with van der Waals surface area (Å²) in [6.45, 7) is 5.86. The molecular weight excluding hydrogens is 176 g/mol. The van der Waals surface area contributed by atoms with E-state index < -0.39 is 0 Å². The normalized spacial score (nSPS) is 18.9. The topological polar surface area (TPSA) is 32.3 Å². The number of carbonyl (C=O) groups excluding carboxylic acids is 1. The van der Waals surface area contributed by atoms with Crippen LogP contribution in [-0.4, -0.2) is 30.1 Å². The molecule has 0 unspecified atom stereocenters. The van der Waals surface area contributed by atoms with Gasteiger partial charge in [-0.15, -0.1) is 0 Å². The van der Waals surface area contributed by atoms with Crippen molar-refractivity contribution in [2.75, 3.05) is 13.1 Å². The predicted octanol–water partition coefficient (Wildman–Crippen LogP) is 2.37. The lowest BCUT2D eigenvalue weighted by molar-refractivity contribution is 0.189. The van der Waals surface area contributed by atoms with Gasteiger partial charge in [-0.2, -0.15) is 0 Å². The van der Waals surface area contributed by atoms with Crippen molar-refractivity contribution in [3.63, 3.8) is 0 Å². The van der Waals surface area contributed by atoms with Gasteiger partial charge in [-0.25, -0.2) is 4.79 Å². The van der Waals surface area contributed by atoms with Crippen LogP contribution >= 0.6 is 0 Å². The van der Waals surface area contributed by atoms with Crippen LogP contribution in [0.5, 0.6) is 0 Å². The van der Waals surface area contributed by atoms with E-state index in [1.165, 1.54) is 19.3 Å². The standard InChI is InChI=1S/C11H22N2O/c1-10(2)12-11(14)13-8-6-4-3-5-7-9-13/h10H,3-9H2,1-2H3,(H,12,14). The summed E-state index contributed by atoms with van der Waals surface area (Å²) in [5.74, 6) is 0. The van der Waals surface area contributed by atoms with E-state index in [1.54, 1.807) is 0 Å². The van der Waals surface area contributed by atoms with Crippen molar-refractivity contribution in [2.24, 2.45) is 0 Å². The maximum absolute atomic E-state index is 11.7. The molecule has 1 saturated heterocycles. The average molecular weight is 198 g/mol. The maximum Gasteiger partial charge on any atom is 0.317 e. The van der Waals surface area contributed by atoms with Crippen molar-refractivity contribution in [3.05, 3.63) is 0 Å². The summed E-state index contributed by atoms with van der Waals surface area (Å²) in [4.78, 5) is 13.6. The highest BCUT2D eigenvalue weighted by Gasteiger charge is 2.14. The lowest BCUT2D eigenvalue weighted by Gasteiger charge is -2.26. The number of hydrogen-bond acceptors (Lipinski definition) is 1. The van der Waals surface area contributed by atoms with E-state index >= 15 is 0 Å². The van der Waals surface area contributed by atoms with Gasteiger partial charge in [-0.3, -0.25) is 0 Å². The number of amides is 2. The van der Waals surface area contributed by atoms with E-state index in [2.05, 4.69) is 5.32 Å². The van der Waals surface area contributed by atoms with Gasteiger partial charge < -0.3 is 10.2 Å². The molecule has 1 aliphatic heterocycles. The highest BCUT2D eigenvalue weighted by Crippen LogP contribution is 2.10. The molecule has 0 aromatic heterocycles. The quantitative estimate of drug-likeness (QED) is 0.689. The third kappa shape index (κ3) is 3.99. The Morgan fingerprint density at radius 2 is 1.57 bits per heavy atom. The first-order valence-electron chi connectivity index (χ1n) is 5.75. The van der Waals surface area contributed by atoms with Crippen molar-refractivity contribution in [3.8, 4) is 0 Å². The summed E-state index contributed by atoms with van der Waals surface area (Å²) in [7, 11) is 0. The van der Waals surface area contributed by atoms with E-state index in [4.69, 9.17) is 0 Å².